The number of urea groups is 1. The number of hydrogen-bond donors (Lipinski definition) is 1. The van der Waals surface area contributed by atoms with Crippen LogP contribution in [0.4, 0.5) is 4.79 Å². The fourth-order valence-corrected chi connectivity index (χ4v) is 2.48. The molecule has 2 atom stereocenters. The Morgan fingerprint density at radius 2 is 2.19 bits per heavy atom. The van der Waals surface area contributed by atoms with Crippen LogP contribution in [-0.4, -0.2) is 56.0 Å². The Hall–Kier alpha value is -1.95. The molecule has 1 saturated heterocycles. The molecule has 1 fully saturated rings. The quantitative estimate of drug-likeness (QED) is 0.891. The summed E-state index contributed by atoms with van der Waals surface area (Å²) in [4.78, 5) is 13.9. The molecule has 1 N–H and O–H groups in total. The lowest BCUT2D eigenvalue weighted by Gasteiger charge is -2.32. The molecule has 6 nitrogen and oxygen atoms in total. The Kier molecular flexibility index (Phi) is 4.15. The summed E-state index contributed by atoms with van der Waals surface area (Å²) in [6.45, 7) is 4.67. The Balaban J connectivity index is 1.49. The van der Waals surface area contributed by atoms with Crippen molar-refractivity contribution in [3.63, 3.8) is 0 Å². The van der Waals surface area contributed by atoms with Crippen molar-refractivity contribution in [1.82, 2.24) is 10.2 Å². The molecule has 0 saturated carbocycles. The van der Waals surface area contributed by atoms with Gasteiger partial charge in [-0.2, -0.15) is 0 Å². The van der Waals surface area contributed by atoms with Crippen molar-refractivity contribution in [3.8, 4) is 11.5 Å². The van der Waals surface area contributed by atoms with Gasteiger partial charge in [0.2, 0.25) is 0 Å². The number of morpholine rings is 1. The normalized spacial score (nSPS) is 24.5. The number of hydrogen-bond acceptors (Lipinski definition) is 4. The van der Waals surface area contributed by atoms with E-state index in [4.69, 9.17) is 14.2 Å². The first-order chi connectivity index (χ1) is 10.2. The monoisotopic (exact) mass is 292 g/mol. The molecule has 2 amide bonds. The van der Waals surface area contributed by atoms with Gasteiger partial charge in [0.05, 0.1) is 19.3 Å². The molecule has 21 heavy (non-hydrogen) atoms. The van der Waals surface area contributed by atoms with Crippen LogP contribution in [0.15, 0.2) is 24.3 Å². The average molecular weight is 292 g/mol. The van der Waals surface area contributed by atoms with Gasteiger partial charge in [0, 0.05) is 13.1 Å². The van der Waals surface area contributed by atoms with Gasteiger partial charge >= 0.3 is 6.03 Å². The van der Waals surface area contributed by atoms with E-state index in [-0.39, 0.29) is 18.2 Å². The molecule has 0 radical (unpaired) electrons. The van der Waals surface area contributed by atoms with E-state index in [0.717, 1.165) is 11.5 Å². The first-order valence-electron chi connectivity index (χ1n) is 7.25. The van der Waals surface area contributed by atoms with Crippen LogP contribution >= 0.6 is 0 Å². The topological polar surface area (TPSA) is 60.0 Å². The highest BCUT2D eigenvalue weighted by Gasteiger charge is 2.24. The SMILES string of the molecule is C[C@@H]1CN(C(=O)NC[C@@H]2COc3ccccc3O2)CCO1. The summed E-state index contributed by atoms with van der Waals surface area (Å²) < 4.78 is 16.9. The zero-order chi connectivity index (χ0) is 14.7. The molecule has 2 aliphatic rings. The van der Waals surface area contributed by atoms with Gasteiger partial charge in [0.15, 0.2) is 17.6 Å². The van der Waals surface area contributed by atoms with Gasteiger partial charge in [-0.15, -0.1) is 0 Å². The number of nitrogens with zero attached hydrogens (tertiary/aromatic N) is 1. The van der Waals surface area contributed by atoms with Gasteiger partial charge in [0.1, 0.15) is 6.61 Å². The van der Waals surface area contributed by atoms with Crippen molar-refractivity contribution in [1.29, 1.82) is 0 Å². The van der Waals surface area contributed by atoms with Crippen molar-refractivity contribution in [3.05, 3.63) is 24.3 Å². The summed E-state index contributed by atoms with van der Waals surface area (Å²) in [6, 6.07) is 7.47. The highest BCUT2D eigenvalue weighted by molar-refractivity contribution is 5.74. The third-order valence-electron chi connectivity index (χ3n) is 3.58. The molecule has 114 valence electrons. The molecular weight excluding hydrogens is 272 g/mol. The van der Waals surface area contributed by atoms with Gasteiger partial charge in [-0.05, 0) is 19.1 Å². The largest absolute Gasteiger partial charge is 0.486 e. The molecule has 3 rings (SSSR count). The Labute approximate surface area is 124 Å². The van der Waals surface area contributed by atoms with Crippen LogP contribution in [0, 0.1) is 0 Å². The second kappa shape index (κ2) is 6.22. The Morgan fingerprint density at radius 1 is 1.38 bits per heavy atom. The number of amides is 2. The van der Waals surface area contributed by atoms with Crippen LogP contribution in [0.2, 0.25) is 0 Å². The third kappa shape index (κ3) is 3.39. The number of para-hydroxylation sites is 2. The predicted molar refractivity (Wildman–Crippen MR) is 76.7 cm³/mol. The molecule has 0 bridgehead atoms. The highest BCUT2D eigenvalue weighted by Crippen LogP contribution is 2.30. The van der Waals surface area contributed by atoms with Crippen LogP contribution < -0.4 is 14.8 Å². The average Bonchev–Trinajstić information content (AvgIpc) is 2.52. The van der Waals surface area contributed by atoms with E-state index >= 15 is 0 Å². The number of carbonyl (C=O) groups is 1. The number of benzene rings is 1. The number of ether oxygens (including phenoxy) is 3. The predicted octanol–water partition coefficient (Wildman–Crippen LogP) is 1.26. The number of nitrogens with one attached hydrogen (secondary N) is 1. The van der Waals surface area contributed by atoms with Crippen molar-refractivity contribution in [2.24, 2.45) is 0 Å². The molecule has 0 aliphatic carbocycles. The zero-order valence-electron chi connectivity index (χ0n) is 12.1. The van der Waals surface area contributed by atoms with Crippen molar-refractivity contribution < 1.29 is 19.0 Å². The second-order valence-corrected chi connectivity index (χ2v) is 5.31. The molecule has 0 spiro atoms. The maximum atomic E-state index is 12.1. The van der Waals surface area contributed by atoms with Crippen molar-refractivity contribution in [2.45, 2.75) is 19.1 Å². The summed E-state index contributed by atoms with van der Waals surface area (Å²) >= 11 is 0. The van der Waals surface area contributed by atoms with Gasteiger partial charge in [0.25, 0.3) is 0 Å². The molecule has 1 aromatic rings. The lowest BCUT2D eigenvalue weighted by atomic mass is 10.2. The van der Waals surface area contributed by atoms with E-state index in [1.54, 1.807) is 4.90 Å². The fraction of sp³-hybridized carbons (Fsp3) is 0.533. The zero-order valence-corrected chi connectivity index (χ0v) is 12.1. The van der Waals surface area contributed by atoms with E-state index in [2.05, 4.69) is 5.32 Å². The highest BCUT2D eigenvalue weighted by atomic mass is 16.6. The second-order valence-electron chi connectivity index (χ2n) is 5.31. The van der Waals surface area contributed by atoms with Crippen LogP contribution in [0.25, 0.3) is 0 Å². The summed E-state index contributed by atoms with van der Waals surface area (Å²) in [5.41, 5.74) is 0. The summed E-state index contributed by atoms with van der Waals surface area (Å²) in [7, 11) is 0. The molecule has 2 heterocycles. The molecule has 1 aromatic carbocycles. The Morgan fingerprint density at radius 3 is 3.00 bits per heavy atom. The number of carbonyl (C=O) groups excluding carboxylic acids is 1. The Bertz CT molecular complexity index is 508. The van der Waals surface area contributed by atoms with E-state index in [0.29, 0.717) is 32.8 Å². The molecule has 0 aromatic heterocycles. The van der Waals surface area contributed by atoms with E-state index in [9.17, 15) is 4.79 Å². The molecule has 6 heteroatoms. The number of fused-ring (bicyclic) bond motifs is 1. The first-order valence-corrected chi connectivity index (χ1v) is 7.25. The van der Waals surface area contributed by atoms with Crippen molar-refractivity contribution >= 4 is 6.03 Å². The van der Waals surface area contributed by atoms with Gasteiger partial charge in [-0.25, -0.2) is 4.79 Å². The van der Waals surface area contributed by atoms with Crippen LogP contribution in [0.5, 0.6) is 11.5 Å². The van der Waals surface area contributed by atoms with Gasteiger partial charge in [-0.1, -0.05) is 12.1 Å². The lowest BCUT2D eigenvalue weighted by molar-refractivity contribution is -0.00409. The van der Waals surface area contributed by atoms with Crippen LogP contribution in [0.3, 0.4) is 0 Å². The molecular formula is C15H20N2O4. The summed E-state index contributed by atoms with van der Waals surface area (Å²) in [5.74, 6) is 1.48. The van der Waals surface area contributed by atoms with Crippen LogP contribution in [-0.2, 0) is 4.74 Å². The number of rotatable bonds is 2. The van der Waals surface area contributed by atoms with Crippen molar-refractivity contribution in [2.75, 3.05) is 32.8 Å². The maximum Gasteiger partial charge on any atom is 0.317 e. The molecule has 2 aliphatic heterocycles. The van der Waals surface area contributed by atoms with Gasteiger partial charge < -0.3 is 24.4 Å². The van der Waals surface area contributed by atoms with E-state index in [1.165, 1.54) is 0 Å². The minimum absolute atomic E-state index is 0.0763. The minimum Gasteiger partial charge on any atom is -0.486 e. The summed E-state index contributed by atoms with van der Waals surface area (Å²) in [5, 5.41) is 2.90. The van der Waals surface area contributed by atoms with Gasteiger partial charge in [-0.3, -0.25) is 0 Å². The third-order valence-corrected chi connectivity index (χ3v) is 3.58. The van der Waals surface area contributed by atoms with Crippen LogP contribution in [0.1, 0.15) is 6.92 Å². The molecule has 0 unspecified atom stereocenters. The lowest BCUT2D eigenvalue weighted by Crippen LogP contribution is -2.51. The maximum absolute atomic E-state index is 12.1. The van der Waals surface area contributed by atoms with E-state index < -0.39 is 0 Å². The van der Waals surface area contributed by atoms with E-state index in [1.807, 2.05) is 31.2 Å². The first kappa shape index (κ1) is 14.0. The summed E-state index contributed by atoms with van der Waals surface area (Å²) in [6.07, 6.45) is -0.0760. The fourth-order valence-electron chi connectivity index (χ4n) is 2.48. The standard InChI is InChI=1S/C15H20N2O4/c1-11-9-17(6-7-19-11)15(18)16-8-12-10-20-13-4-2-3-5-14(13)21-12/h2-5,11-12H,6-10H2,1H3,(H,16,18)/t11-,12-/m1/s1. The minimum atomic E-state index is -0.165. The smallest absolute Gasteiger partial charge is 0.317 e.